The molecule has 5 nitrogen and oxygen atoms in total. The molecule has 1 fully saturated rings. The Bertz CT molecular complexity index is 722. The lowest BCUT2D eigenvalue weighted by atomic mass is 10.2. The Morgan fingerprint density at radius 2 is 1.96 bits per heavy atom. The summed E-state index contributed by atoms with van der Waals surface area (Å²) >= 11 is 1.46. The molecule has 1 saturated heterocycles. The predicted octanol–water partition coefficient (Wildman–Crippen LogP) is 3.35. The molecule has 0 bridgehead atoms. The number of hydrogen-bond donors (Lipinski definition) is 1. The first kappa shape index (κ1) is 19.0. The van der Waals surface area contributed by atoms with Crippen LogP contribution in [-0.2, 0) is 4.74 Å². The van der Waals surface area contributed by atoms with E-state index in [0.29, 0.717) is 11.4 Å². The normalized spacial score (nSPS) is 20.9. The highest BCUT2D eigenvalue weighted by Gasteiger charge is 2.21. The molecule has 1 aliphatic rings. The molecule has 0 unspecified atom stereocenters. The summed E-state index contributed by atoms with van der Waals surface area (Å²) in [4.78, 5) is 20.2. The highest BCUT2D eigenvalue weighted by atomic mass is 32.1. The van der Waals surface area contributed by atoms with Gasteiger partial charge in [0.1, 0.15) is 9.88 Å². The number of carbonyl (C=O) groups excluding carboxylic acids is 1. The van der Waals surface area contributed by atoms with Crippen molar-refractivity contribution in [3.63, 3.8) is 0 Å². The average Bonchev–Trinajstić information content (AvgIpc) is 3.00. The molecule has 1 N–H and O–H groups in total. The molecule has 6 heteroatoms. The van der Waals surface area contributed by atoms with E-state index in [1.165, 1.54) is 11.3 Å². The summed E-state index contributed by atoms with van der Waals surface area (Å²) in [5.41, 5.74) is 1.84. The fourth-order valence-electron chi connectivity index (χ4n) is 3.36. The van der Waals surface area contributed by atoms with Crippen LogP contribution in [-0.4, -0.2) is 54.2 Å². The van der Waals surface area contributed by atoms with E-state index in [-0.39, 0.29) is 18.1 Å². The fourth-order valence-corrected chi connectivity index (χ4v) is 4.35. The molecule has 3 rings (SSSR count). The van der Waals surface area contributed by atoms with Crippen molar-refractivity contribution in [1.82, 2.24) is 15.2 Å². The zero-order valence-corrected chi connectivity index (χ0v) is 16.5. The minimum absolute atomic E-state index is 0.0223. The van der Waals surface area contributed by atoms with Crippen molar-refractivity contribution in [2.24, 2.45) is 0 Å². The van der Waals surface area contributed by atoms with E-state index in [9.17, 15) is 4.79 Å². The number of thiazole rings is 1. The Balaban J connectivity index is 1.49. The van der Waals surface area contributed by atoms with E-state index in [1.807, 2.05) is 37.3 Å². The van der Waals surface area contributed by atoms with Gasteiger partial charge in [-0.2, -0.15) is 0 Å². The molecule has 1 aromatic carbocycles. The van der Waals surface area contributed by atoms with E-state index in [0.717, 1.165) is 42.3 Å². The molecule has 1 aliphatic heterocycles. The molecule has 2 heterocycles. The van der Waals surface area contributed by atoms with E-state index < -0.39 is 0 Å². The van der Waals surface area contributed by atoms with Gasteiger partial charge < -0.3 is 10.1 Å². The Labute approximate surface area is 159 Å². The predicted molar refractivity (Wildman–Crippen MR) is 106 cm³/mol. The van der Waals surface area contributed by atoms with E-state index in [1.54, 1.807) is 0 Å². The number of amides is 1. The van der Waals surface area contributed by atoms with Crippen molar-refractivity contribution in [1.29, 1.82) is 0 Å². The molecule has 2 aromatic rings. The first-order valence-corrected chi connectivity index (χ1v) is 10.0. The van der Waals surface area contributed by atoms with Crippen LogP contribution in [0, 0.1) is 6.92 Å². The number of aryl methyl sites for hydroxylation is 1. The number of ether oxygens (including phenoxy) is 1. The lowest BCUT2D eigenvalue weighted by molar-refractivity contribution is -0.0679. The summed E-state index contributed by atoms with van der Waals surface area (Å²) in [6.07, 6.45) is 1.50. The first-order valence-electron chi connectivity index (χ1n) is 9.22. The van der Waals surface area contributed by atoms with Crippen LogP contribution in [0.2, 0.25) is 0 Å². The monoisotopic (exact) mass is 373 g/mol. The van der Waals surface area contributed by atoms with E-state index >= 15 is 0 Å². The van der Waals surface area contributed by atoms with E-state index in [4.69, 9.17) is 4.74 Å². The molecule has 0 spiro atoms. The van der Waals surface area contributed by atoms with Crippen LogP contribution >= 0.6 is 11.3 Å². The van der Waals surface area contributed by atoms with Crippen LogP contribution in [0.5, 0.6) is 0 Å². The van der Waals surface area contributed by atoms with Crippen LogP contribution in [0.4, 0.5) is 0 Å². The third-order valence-electron chi connectivity index (χ3n) is 4.46. The molecule has 1 aromatic heterocycles. The molecule has 0 saturated carbocycles. The zero-order valence-electron chi connectivity index (χ0n) is 15.7. The third-order valence-corrected chi connectivity index (χ3v) is 5.66. The Morgan fingerprint density at radius 3 is 2.65 bits per heavy atom. The maximum atomic E-state index is 12.5. The Hall–Kier alpha value is -1.76. The summed E-state index contributed by atoms with van der Waals surface area (Å²) in [6, 6.07) is 9.99. The van der Waals surface area contributed by atoms with Gasteiger partial charge in [0.25, 0.3) is 5.91 Å². The largest absolute Gasteiger partial charge is 0.373 e. The van der Waals surface area contributed by atoms with Crippen LogP contribution < -0.4 is 5.32 Å². The van der Waals surface area contributed by atoms with Crippen molar-refractivity contribution < 1.29 is 9.53 Å². The zero-order chi connectivity index (χ0) is 18.5. The second-order valence-corrected chi connectivity index (χ2v) is 7.92. The summed E-state index contributed by atoms with van der Waals surface area (Å²) < 4.78 is 5.75. The second-order valence-electron chi connectivity index (χ2n) is 6.93. The van der Waals surface area contributed by atoms with Gasteiger partial charge in [-0.1, -0.05) is 30.3 Å². The molecular formula is C20H27N3O2S. The second kappa shape index (κ2) is 8.75. The first-order chi connectivity index (χ1) is 12.5. The summed E-state index contributed by atoms with van der Waals surface area (Å²) in [5.74, 6) is -0.0223. The maximum absolute atomic E-state index is 12.5. The van der Waals surface area contributed by atoms with E-state index in [2.05, 4.69) is 29.0 Å². The summed E-state index contributed by atoms with van der Waals surface area (Å²) in [5, 5.41) is 3.93. The van der Waals surface area contributed by atoms with Gasteiger partial charge in [0, 0.05) is 31.7 Å². The number of nitrogens with one attached hydrogen (secondary N) is 1. The van der Waals surface area contributed by atoms with Crippen LogP contribution in [0.15, 0.2) is 30.3 Å². The third kappa shape index (κ3) is 4.90. The lowest BCUT2D eigenvalue weighted by Crippen LogP contribution is -2.46. The summed E-state index contributed by atoms with van der Waals surface area (Å²) in [6.45, 7) is 9.71. The fraction of sp³-hybridized carbons (Fsp3) is 0.500. The van der Waals surface area contributed by atoms with Gasteiger partial charge in [-0.3, -0.25) is 9.69 Å². The van der Waals surface area contributed by atoms with Gasteiger partial charge in [-0.25, -0.2) is 4.98 Å². The number of carbonyl (C=O) groups is 1. The highest BCUT2D eigenvalue weighted by molar-refractivity contribution is 7.17. The molecule has 0 aliphatic carbocycles. The van der Waals surface area contributed by atoms with Crippen molar-refractivity contribution in [3.05, 3.63) is 40.9 Å². The summed E-state index contributed by atoms with van der Waals surface area (Å²) in [7, 11) is 0. The van der Waals surface area contributed by atoms with Crippen LogP contribution in [0.25, 0.3) is 10.6 Å². The van der Waals surface area contributed by atoms with Gasteiger partial charge in [-0.05, 0) is 27.2 Å². The smallest absolute Gasteiger partial charge is 0.263 e. The Kier molecular flexibility index (Phi) is 6.40. The minimum atomic E-state index is -0.0223. The quantitative estimate of drug-likeness (QED) is 0.789. The molecule has 1 amide bonds. The molecular weight excluding hydrogens is 346 g/mol. The number of nitrogens with zero attached hydrogens (tertiary/aromatic N) is 2. The number of hydrogen-bond acceptors (Lipinski definition) is 5. The average molecular weight is 374 g/mol. The van der Waals surface area contributed by atoms with Crippen molar-refractivity contribution >= 4 is 17.2 Å². The topological polar surface area (TPSA) is 54.5 Å². The highest BCUT2D eigenvalue weighted by Crippen LogP contribution is 2.27. The SMILES string of the molecule is Cc1nc(-c2ccccc2)sc1C(=O)NCCCN1C[C@H](C)O[C@@H](C)C1. The van der Waals surface area contributed by atoms with Gasteiger partial charge in [0.2, 0.25) is 0 Å². The standard InChI is InChI=1S/C20H27N3O2S/c1-14-12-23(13-15(2)25-14)11-7-10-21-19(24)18-16(3)22-20(26-18)17-8-5-4-6-9-17/h4-6,8-9,14-15H,7,10-13H2,1-3H3,(H,21,24)/t14-,15-/m0/s1. The van der Waals surface area contributed by atoms with Crippen LogP contribution in [0.3, 0.4) is 0 Å². The van der Waals surface area contributed by atoms with Crippen molar-refractivity contribution in [3.8, 4) is 10.6 Å². The van der Waals surface area contributed by atoms with Gasteiger partial charge >= 0.3 is 0 Å². The maximum Gasteiger partial charge on any atom is 0.263 e. The van der Waals surface area contributed by atoms with Gasteiger partial charge in [0.15, 0.2) is 0 Å². The number of aromatic nitrogens is 1. The lowest BCUT2D eigenvalue weighted by Gasteiger charge is -2.35. The number of benzene rings is 1. The van der Waals surface area contributed by atoms with Crippen molar-refractivity contribution in [2.75, 3.05) is 26.2 Å². The van der Waals surface area contributed by atoms with Crippen LogP contribution in [0.1, 0.15) is 35.6 Å². The number of morpholine rings is 1. The molecule has 0 radical (unpaired) electrons. The molecule has 140 valence electrons. The molecule has 2 atom stereocenters. The minimum Gasteiger partial charge on any atom is -0.373 e. The van der Waals surface area contributed by atoms with Gasteiger partial charge in [-0.15, -0.1) is 11.3 Å². The van der Waals surface area contributed by atoms with Crippen molar-refractivity contribution in [2.45, 2.75) is 39.4 Å². The Morgan fingerprint density at radius 1 is 1.27 bits per heavy atom. The number of rotatable bonds is 6. The molecule has 26 heavy (non-hydrogen) atoms. The van der Waals surface area contributed by atoms with Gasteiger partial charge in [0.05, 0.1) is 17.9 Å².